The van der Waals surface area contributed by atoms with E-state index in [1.807, 2.05) is 42.6 Å². The molecule has 1 aromatic heterocycles. The Bertz CT molecular complexity index is 942. The first-order valence-electron chi connectivity index (χ1n) is 7.73. The highest BCUT2D eigenvalue weighted by molar-refractivity contribution is 8.01. The van der Waals surface area contributed by atoms with Crippen LogP contribution in [0.25, 0.3) is 0 Å². The lowest BCUT2D eigenvalue weighted by Gasteiger charge is -2.07. The van der Waals surface area contributed by atoms with Crippen molar-refractivity contribution in [3.05, 3.63) is 80.8 Å². The van der Waals surface area contributed by atoms with Crippen molar-refractivity contribution in [1.82, 2.24) is 10.3 Å². The summed E-state index contributed by atoms with van der Waals surface area (Å²) in [7, 11) is 0. The third-order valence-corrected chi connectivity index (χ3v) is 5.63. The van der Waals surface area contributed by atoms with Gasteiger partial charge < -0.3 is 5.32 Å². The molecule has 0 aliphatic carbocycles. The van der Waals surface area contributed by atoms with Crippen molar-refractivity contribution in [2.24, 2.45) is 0 Å². The molecule has 0 atom stereocenters. The number of carbonyl (C=O) groups is 1. The SMILES string of the molecule is Cc1csc(Sc2ccc(C(=O)NCc3ccccc3)cc2[N+](=O)[O-])n1. The Morgan fingerprint density at radius 3 is 2.69 bits per heavy atom. The van der Waals surface area contributed by atoms with E-state index in [2.05, 4.69) is 10.3 Å². The highest BCUT2D eigenvalue weighted by Gasteiger charge is 2.19. The summed E-state index contributed by atoms with van der Waals surface area (Å²) in [6.45, 7) is 2.23. The average molecular weight is 385 g/mol. The maximum atomic E-state index is 12.3. The molecule has 8 heteroatoms. The topological polar surface area (TPSA) is 85.1 Å². The number of nitro groups is 1. The van der Waals surface area contributed by atoms with Gasteiger partial charge in [-0.3, -0.25) is 14.9 Å². The van der Waals surface area contributed by atoms with Crippen LogP contribution in [0.15, 0.2) is 63.1 Å². The maximum Gasteiger partial charge on any atom is 0.284 e. The number of carbonyl (C=O) groups excluding carboxylic acids is 1. The Labute approximate surface area is 158 Å². The van der Waals surface area contributed by atoms with Crippen LogP contribution in [-0.2, 0) is 6.54 Å². The first-order chi connectivity index (χ1) is 12.5. The second-order valence-corrected chi connectivity index (χ2v) is 7.61. The molecule has 1 N–H and O–H groups in total. The second-order valence-electron chi connectivity index (χ2n) is 5.46. The number of hydrogen-bond donors (Lipinski definition) is 1. The molecule has 132 valence electrons. The van der Waals surface area contributed by atoms with Crippen LogP contribution >= 0.6 is 23.1 Å². The minimum atomic E-state index is -0.475. The summed E-state index contributed by atoms with van der Waals surface area (Å²) < 4.78 is 0.729. The number of aryl methyl sites for hydroxylation is 1. The minimum Gasteiger partial charge on any atom is -0.348 e. The van der Waals surface area contributed by atoms with Crippen molar-refractivity contribution in [1.29, 1.82) is 0 Å². The van der Waals surface area contributed by atoms with Crippen LogP contribution in [-0.4, -0.2) is 15.8 Å². The van der Waals surface area contributed by atoms with E-state index in [0.717, 1.165) is 15.6 Å². The molecule has 0 aliphatic rings. The lowest BCUT2D eigenvalue weighted by molar-refractivity contribution is -0.387. The highest BCUT2D eigenvalue weighted by Crippen LogP contribution is 2.36. The van der Waals surface area contributed by atoms with Crippen molar-refractivity contribution >= 4 is 34.7 Å². The molecule has 0 unspecified atom stereocenters. The molecule has 26 heavy (non-hydrogen) atoms. The summed E-state index contributed by atoms with van der Waals surface area (Å²) >= 11 is 2.66. The molecule has 0 spiro atoms. The molecule has 3 aromatic rings. The van der Waals surface area contributed by atoms with Crippen LogP contribution in [0.2, 0.25) is 0 Å². The molecule has 1 heterocycles. The summed E-state index contributed by atoms with van der Waals surface area (Å²) in [4.78, 5) is 28.0. The van der Waals surface area contributed by atoms with E-state index in [1.54, 1.807) is 12.1 Å². The van der Waals surface area contributed by atoms with Crippen molar-refractivity contribution in [2.75, 3.05) is 0 Å². The molecule has 2 aromatic carbocycles. The summed E-state index contributed by atoms with van der Waals surface area (Å²) in [6, 6.07) is 14.0. The molecule has 0 saturated carbocycles. The highest BCUT2D eigenvalue weighted by atomic mass is 32.2. The molecular formula is C18H15N3O3S2. The van der Waals surface area contributed by atoms with Gasteiger partial charge in [0.2, 0.25) is 0 Å². The molecule has 0 aliphatic heterocycles. The number of thiazole rings is 1. The van der Waals surface area contributed by atoms with Crippen LogP contribution < -0.4 is 5.32 Å². The van der Waals surface area contributed by atoms with Gasteiger partial charge in [0.15, 0.2) is 4.34 Å². The Balaban J connectivity index is 1.77. The summed E-state index contributed by atoms with van der Waals surface area (Å²) in [5.74, 6) is -0.349. The molecule has 0 saturated heterocycles. The number of nitro benzene ring substituents is 1. The fourth-order valence-corrected chi connectivity index (χ4v) is 4.12. The predicted molar refractivity (Wildman–Crippen MR) is 102 cm³/mol. The van der Waals surface area contributed by atoms with Crippen LogP contribution in [0, 0.1) is 17.0 Å². The standard InChI is InChI=1S/C18H15N3O3S2/c1-12-11-25-18(20-12)26-16-8-7-14(9-15(16)21(23)24)17(22)19-10-13-5-3-2-4-6-13/h2-9,11H,10H2,1H3,(H,19,22). The molecular weight excluding hydrogens is 370 g/mol. The van der Waals surface area contributed by atoms with E-state index in [1.165, 1.54) is 29.2 Å². The first-order valence-corrected chi connectivity index (χ1v) is 9.43. The third kappa shape index (κ3) is 4.47. The third-order valence-electron chi connectivity index (χ3n) is 3.51. The van der Waals surface area contributed by atoms with Crippen molar-refractivity contribution in [3.8, 4) is 0 Å². The van der Waals surface area contributed by atoms with E-state index in [4.69, 9.17) is 0 Å². The van der Waals surface area contributed by atoms with E-state index >= 15 is 0 Å². The lowest BCUT2D eigenvalue weighted by Crippen LogP contribution is -2.22. The van der Waals surface area contributed by atoms with Crippen molar-refractivity contribution in [2.45, 2.75) is 22.7 Å². The zero-order chi connectivity index (χ0) is 18.5. The summed E-state index contributed by atoms with van der Waals surface area (Å²) in [6.07, 6.45) is 0. The van der Waals surface area contributed by atoms with Gasteiger partial charge in [-0.1, -0.05) is 42.1 Å². The maximum absolute atomic E-state index is 12.3. The zero-order valence-electron chi connectivity index (χ0n) is 13.8. The minimum absolute atomic E-state index is 0.102. The van der Waals surface area contributed by atoms with Crippen LogP contribution in [0.4, 0.5) is 5.69 Å². The van der Waals surface area contributed by atoms with Gasteiger partial charge in [0, 0.05) is 29.2 Å². The smallest absolute Gasteiger partial charge is 0.284 e. The van der Waals surface area contributed by atoms with Gasteiger partial charge in [-0.15, -0.1) is 11.3 Å². The number of rotatable bonds is 6. The van der Waals surface area contributed by atoms with E-state index in [0.29, 0.717) is 11.4 Å². The van der Waals surface area contributed by atoms with Crippen molar-refractivity contribution in [3.63, 3.8) is 0 Å². The molecule has 0 radical (unpaired) electrons. The largest absolute Gasteiger partial charge is 0.348 e. The second kappa shape index (κ2) is 8.11. The number of nitrogens with zero attached hydrogens (tertiary/aromatic N) is 2. The fraction of sp³-hybridized carbons (Fsp3) is 0.111. The fourth-order valence-electron chi connectivity index (χ4n) is 2.24. The monoisotopic (exact) mass is 385 g/mol. The number of hydrogen-bond acceptors (Lipinski definition) is 6. The van der Waals surface area contributed by atoms with Gasteiger partial charge in [-0.2, -0.15) is 0 Å². The van der Waals surface area contributed by atoms with Gasteiger partial charge in [-0.05, 0) is 24.6 Å². The van der Waals surface area contributed by atoms with Gasteiger partial charge in [0.25, 0.3) is 11.6 Å². The van der Waals surface area contributed by atoms with Crippen molar-refractivity contribution < 1.29 is 9.72 Å². The molecule has 1 amide bonds. The van der Waals surface area contributed by atoms with Gasteiger partial charge >= 0.3 is 0 Å². The summed E-state index contributed by atoms with van der Waals surface area (Å²) in [5, 5.41) is 16.1. The molecule has 0 fully saturated rings. The molecule has 6 nitrogen and oxygen atoms in total. The van der Waals surface area contributed by atoms with Crippen LogP contribution in [0.5, 0.6) is 0 Å². The Morgan fingerprint density at radius 2 is 2.04 bits per heavy atom. The van der Waals surface area contributed by atoms with Gasteiger partial charge in [0.05, 0.1) is 9.82 Å². The van der Waals surface area contributed by atoms with Gasteiger partial charge in [0.1, 0.15) is 0 Å². The molecule has 3 rings (SSSR count). The zero-order valence-corrected chi connectivity index (χ0v) is 15.5. The van der Waals surface area contributed by atoms with Crippen LogP contribution in [0.3, 0.4) is 0 Å². The van der Waals surface area contributed by atoms with Gasteiger partial charge in [-0.25, -0.2) is 4.98 Å². The summed E-state index contributed by atoms with van der Waals surface area (Å²) in [5.41, 5.74) is 1.99. The quantitative estimate of drug-likeness (QED) is 0.501. The number of nitrogens with one attached hydrogen (secondary N) is 1. The Morgan fingerprint density at radius 1 is 1.27 bits per heavy atom. The number of benzene rings is 2. The number of amides is 1. The normalized spacial score (nSPS) is 10.5. The average Bonchev–Trinajstić information content (AvgIpc) is 3.05. The molecule has 0 bridgehead atoms. The number of aromatic nitrogens is 1. The first kappa shape index (κ1) is 18.1. The van der Waals surface area contributed by atoms with Crippen LogP contribution in [0.1, 0.15) is 21.6 Å². The Hall–Kier alpha value is -2.71. The van der Waals surface area contributed by atoms with E-state index < -0.39 is 4.92 Å². The van der Waals surface area contributed by atoms with E-state index in [-0.39, 0.29) is 17.2 Å². The Kier molecular flexibility index (Phi) is 5.65. The predicted octanol–water partition coefficient (Wildman–Crippen LogP) is 4.44. The van der Waals surface area contributed by atoms with E-state index in [9.17, 15) is 14.9 Å². The lowest BCUT2D eigenvalue weighted by atomic mass is 10.1.